The van der Waals surface area contributed by atoms with Gasteiger partial charge in [0.15, 0.2) is 0 Å². The van der Waals surface area contributed by atoms with Crippen molar-refractivity contribution in [2.45, 2.75) is 57.2 Å². The van der Waals surface area contributed by atoms with Gasteiger partial charge in [-0.1, -0.05) is 57.5 Å². The lowest BCUT2D eigenvalue weighted by Crippen LogP contribution is -2.44. The molecule has 0 aromatic heterocycles. The molecule has 0 radical (unpaired) electrons. The van der Waals surface area contributed by atoms with Crippen LogP contribution in [0.4, 0.5) is 0 Å². The van der Waals surface area contributed by atoms with Crippen LogP contribution in [0.5, 0.6) is 0 Å². The summed E-state index contributed by atoms with van der Waals surface area (Å²) in [6, 6.07) is 11.4. The summed E-state index contributed by atoms with van der Waals surface area (Å²) < 4.78 is 0.505. The van der Waals surface area contributed by atoms with Crippen LogP contribution >= 0.6 is 11.8 Å². The quantitative estimate of drug-likeness (QED) is 0.788. The van der Waals surface area contributed by atoms with E-state index in [9.17, 15) is 0 Å². The molecule has 0 heterocycles. The van der Waals surface area contributed by atoms with Crippen LogP contribution in [0.15, 0.2) is 30.3 Å². The van der Waals surface area contributed by atoms with Gasteiger partial charge in [0.1, 0.15) is 0 Å². The Kier molecular flexibility index (Phi) is 5.19. The van der Waals surface area contributed by atoms with Gasteiger partial charge in [0.25, 0.3) is 0 Å². The van der Waals surface area contributed by atoms with Crippen LogP contribution in [0.2, 0.25) is 0 Å². The first kappa shape index (κ1) is 15.9. The molecule has 20 heavy (non-hydrogen) atoms. The zero-order chi connectivity index (χ0) is 14.6. The van der Waals surface area contributed by atoms with Crippen molar-refractivity contribution in [1.29, 1.82) is 0 Å². The van der Waals surface area contributed by atoms with E-state index in [1.165, 1.54) is 31.2 Å². The fourth-order valence-corrected chi connectivity index (χ4v) is 3.86. The second-order valence-corrected chi connectivity index (χ2v) is 8.62. The molecule has 1 aromatic rings. The maximum atomic E-state index is 3.87. The summed E-state index contributed by atoms with van der Waals surface area (Å²) in [6.45, 7) is 8.14. The Morgan fingerprint density at radius 2 is 1.85 bits per heavy atom. The molecule has 1 unspecified atom stereocenters. The van der Waals surface area contributed by atoms with Crippen molar-refractivity contribution in [2.24, 2.45) is 5.41 Å². The van der Waals surface area contributed by atoms with Crippen molar-refractivity contribution in [3.8, 4) is 0 Å². The molecule has 0 spiro atoms. The van der Waals surface area contributed by atoms with Crippen LogP contribution in [0.1, 0.15) is 58.1 Å². The molecule has 0 aliphatic heterocycles. The van der Waals surface area contributed by atoms with Gasteiger partial charge in [0.05, 0.1) is 0 Å². The van der Waals surface area contributed by atoms with Gasteiger partial charge in [-0.05, 0) is 36.5 Å². The predicted molar refractivity (Wildman–Crippen MR) is 91.4 cm³/mol. The third kappa shape index (κ3) is 4.26. The third-order valence-electron chi connectivity index (χ3n) is 4.39. The number of nitrogens with one attached hydrogen (secondary N) is 1. The SMILES string of the molecule is CSC1(CNC(CC(C)(C)C)c2ccccc2)CCC1. The van der Waals surface area contributed by atoms with E-state index >= 15 is 0 Å². The lowest BCUT2D eigenvalue weighted by Gasteiger charge is -2.42. The first-order valence-corrected chi connectivity index (χ1v) is 9.00. The summed E-state index contributed by atoms with van der Waals surface area (Å²) in [6.07, 6.45) is 7.60. The van der Waals surface area contributed by atoms with Gasteiger partial charge in [0, 0.05) is 17.3 Å². The van der Waals surface area contributed by atoms with Gasteiger partial charge in [-0.15, -0.1) is 0 Å². The van der Waals surface area contributed by atoms with E-state index < -0.39 is 0 Å². The molecule has 1 aromatic carbocycles. The average Bonchev–Trinajstić information content (AvgIpc) is 2.36. The molecule has 1 aliphatic carbocycles. The molecule has 1 aliphatic rings. The van der Waals surface area contributed by atoms with E-state index in [0.29, 0.717) is 16.2 Å². The molecule has 0 amide bonds. The monoisotopic (exact) mass is 291 g/mol. The van der Waals surface area contributed by atoms with Crippen LogP contribution in [0.3, 0.4) is 0 Å². The van der Waals surface area contributed by atoms with Gasteiger partial charge in [-0.2, -0.15) is 11.8 Å². The Balaban J connectivity index is 2.03. The smallest absolute Gasteiger partial charge is 0.0325 e. The second-order valence-electron chi connectivity index (χ2n) is 7.35. The van der Waals surface area contributed by atoms with Crippen LogP contribution in [0.25, 0.3) is 0 Å². The Labute approximate surface area is 128 Å². The van der Waals surface area contributed by atoms with Crippen LogP contribution in [-0.2, 0) is 0 Å². The molecule has 1 saturated carbocycles. The average molecular weight is 292 g/mol. The molecule has 0 bridgehead atoms. The van der Waals surface area contributed by atoms with Crippen molar-refractivity contribution in [1.82, 2.24) is 5.32 Å². The molecule has 112 valence electrons. The van der Waals surface area contributed by atoms with Crippen molar-refractivity contribution >= 4 is 11.8 Å². The zero-order valence-corrected chi connectivity index (χ0v) is 14.2. The Morgan fingerprint density at radius 1 is 1.20 bits per heavy atom. The summed E-state index contributed by atoms with van der Waals surface area (Å²) in [4.78, 5) is 0. The van der Waals surface area contributed by atoms with E-state index in [1.807, 2.05) is 0 Å². The largest absolute Gasteiger partial charge is 0.309 e. The molecule has 2 heteroatoms. The third-order valence-corrected chi connectivity index (χ3v) is 5.81. The van der Waals surface area contributed by atoms with Crippen molar-refractivity contribution in [3.63, 3.8) is 0 Å². The molecular weight excluding hydrogens is 262 g/mol. The molecule has 2 rings (SSSR count). The predicted octanol–water partition coefficient (Wildman–Crippen LogP) is 5.04. The zero-order valence-electron chi connectivity index (χ0n) is 13.4. The normalized spacial score (nSPS) is 19.4. The maximum absolute atomic E-state index is 3.87. The highest BCUT2D eigenvalue weighted by Gasteiger charge is 2.36. The molecule has 1 atom stereocenters. The number of hydrogen-bond acceptors (Lipinski definition) is 2. The van der Waals surface area contributed by atoms with E-state index in [4.69, 9.17) is 0 Å². The summed E-state index contributed by atoms with van der Waals surface area (Å²) >= 11 is 2.05. The Morgan fingerprint density at radius 3 is 2.30 bits per heavy atom. The van der Waals surface area contributed by atoms with E-state index in [-0.39, 0.29) is 0 Å². The minimum absolute atomic E-state index is 0.347. The van der Waals surface area contributed by atoms with E-state index in [0.717, 1.165) is 6.54 Å². The van der Waals surface area contributed by atoms with Crippen LogP contribution < -0.4 is 5.32 Å². The Hall–Kier alpha value is -0.470. The van der Waals surface area contributed by atoms with Crippen LogP contribution in [-0.4, -0.2) is 17.5 Å². The highest BCUT2D eigenvalue weighted by atomic mass is 32.2. The lowest BCUT2D eigenvalue weighted by molar-refractivity contribution is 0.279. The molecule has 1 nitrogen and oxygen atoms in total. The standard InChI is InChI=1S/C18H29NS/c1-17(2,3)13-16(15-9-6-5-7-10-15)19-14-18(20-4)11-8-12-18/h5-7,9-10,16,19H,8,11-14H2,1-4H3. The molecular formula is C18H29NS. The fourth-order valence-electron chi connectivity index (χ4n) is 2.94. The number of hydrogen-bond donors (Lipinski definition) is 1. The fraction of sp³-hybridized carbons (Fsp3) is 0.667. The molecule has 1 N–H and O–H groups in total. The minimum Gasteiger partial charge on any atom is -0.309 e. The van der Waals surface area contributed by atoms with E-state index in [1.54, 1.807) is 0 Å². The lowest BCUT2D eigenvalue weighted by atomic mass is 9.82. The molecule has 1 fully saturated rings. The van der Waals surface area contributed by atoms with Gasteiger partial charge in [0.2, 0.25) is 0 Å². The highest BCUT2D eigenvalue weighted by molar-refractivity contribution is 8.00. The number of thioether (sulfide) groups is 1. The second kappa shape index (κ2) is 6.53. The van der Waals surface area contributed by atoms with Crippen LogP contribution in [0, 0.1) is 5.41 Å². The summed E-state index contributed by atoms with van der Waals surface area (Å²) in [7, 11) is 0. The van der Waals surface area contributed by atoms with Crippen molar-refractivity contribution < 1.29 is 0 Å². The van der Waals surface area contributed by atoms with Crippen molar-refractivity contribution in [2.75, 3.05) is 12.8 Å². The Bertz CT molecular complexity index is 398. The minimum atomic E-state index is 0.347. The highest BCUT2D eigenvalue weighted by Crippen LogP contribution is 2.43. The van der Waals surface area contributed by atoms with Crippen molar-refractivity contribution in [3.05, 3.63) is 35.9 Å². The van der Waals surface area contributed by atoms with E-state index in [2.05, 4.69) is 74.4 Å². The number of rotatable bonds is 6. The molecule has 0 saturated heterocycles. The summed E-state index contributed by atoms with van der Waals surface area (Å²) in [5.74, 6) is 0. The first-order valence-electron chi connectivity index (χ1n) is 7.78. The maximum Gasteiger partial charge on any atom is 0.0325 e. The topological polar surface area (TPSA) is 12.0 Å². The van der Waals surface area contributed by atoms with Gasteiger partial charge in [-0.25, -0.2) is 0 Å². The summed E-state index contributed by atoms with van der Waals surface area (Å²) in [5, 5.41) is 3.87. The number of benzene rings is 1. The van der Waals surface area contributed by atoms with Gasteiger partial charge >= 0.3 is 0 Å². The summed E-state index contributed by atoms with van der Waals surface area (Å²) in [5.41, 5.74) is 1.78. The van der Waals surface area contributed by atoms with Gasteiger partial charge in [-0.3, -0.25) is 0 Å². The first-order chi connectivity index (χ1) is 9.44. The van der Waals surface area contributed by atoms with Gasteiger partial charge < -0.3 is 5.32 Å².